The van der Waals surface area contributed by atoms with Crippen LogP contribution in [0.1, 0.15) is 53.9 Å². The highest BCUT2D eigenvalue weighted by Gasteiger charge is 2.44. The van der Waals surface area contributed by atoms with Gasteiger partial charge in [-0.15, -0.1) is 0 Å². The first-order valence-corrected chi connectivity index (χ1v) is 4.81. The third kappa shape index (κ3) is 2.46. The Morgan fingerprint density at radius 2 is 1.08 bits per heavy atom. The molecule has 1 aliphatic carbocycles. The highest BCUT2D eigenvalue weighted by atomic mass is 19.1. The van der Waals surface area contributed by atoms with Crippen molar-refractivity contribution in [2.75, 3.05) is 0 Å². The van der Waals surface area contributed by atoms with Crippen molar-refractivity contribution in [1.29, 1.82) is 0 Å². The lowest BCUT2D eigenvalue weighted by Gasteiger charge is -2.46. The largest absolute Gasteiger partial charge is 0.244 e. The molecule has 0 saturated heterocycles. The van der Waals surface area contributed by atoms with E-state index < -0.39 is 5.67 Å². The van der Waals surface area contributed by atoms with Gasteiger partial charge >= 0.3 is 0 Å². The molecule has 0 unspecified atom stereocenters. The van der Waals surface area contributed by atoms with Gasteiger partial charge in [0.2, 0.25) is 0 Å². The van der Waals surface area contributed by atoms with Crippen LogP contribution in [-0.4, -0.2) is 5.67 Å². The van der Waals surface area contributed by atoms with Crippen molar-refractivity contribution in [3.63, 3.8) is 0 Å². The van der Waals surface area contributed by atoms with Crippen molar-refractivity contribution < 1.29 is 4.39 Å². The Morgan fingerprint density at radius 1 is 0.750 bits per heavy atom. The fourth-order valence-electron chi connectivity index (χ4n) is 3.48. The lowest BCUT2D eigenvalue weighted by molar-refractivity contribution is -0.0162. The lowest BCUT2D eigenvalue weighted by atomic mass is 9.61. The molecule has 0 nitrogen and oxygen atoms in total. The molecule has 0 N–H and O–H groups in total. The Bertz CT molecular complexity index is 132. The van der Waals surface area contributed by atoms with Gasteiger partial charge in [-0.3, -0.25) is 0 Å². The summed E-state index contributed by atoms with van der Waals surface area (Å²) in [4.78, 5) is 0. The maximum absolute atomic E-state index is 13.9. The molecular formula is C11H21F. The van der Waals surface area contributed by atoms with Gasteiger partial charge in [0.05, 0.1) is 0 Å². The molecule has 0 heterocycles. The van der Waals surface area contributed by atoms with E-state index in [0.29, 0.717) is 12.8 Å². The summed E-state index contributed by atoms with van der Waals surface area (Å²) < 4.78 is 13.9. The molecule has 0 aromatic heterocycles. The first-order valence-electron chi connectivity index (χ1n) is 4.81. The maximum Gasteiger partial charge on any atom is 0.109 e. The van der Waals surface area contributed by atoms with Crippen molar-refractivity contribution in [3.8, 4) is 0 Å². The Labute approximate surface area is 75.5 Å². The molecule has 0 aromatic carbocycles. The lowest BCUT2D eigenvalue weighted by Crippen LogP contribution is -2.41. The molecule has 0 bridgehead atoms. The molecule has 1 rings (SSSR count). The number of halogens is 1. The first-order chi connectivity index (χ1) is 5.12. The standard InChI is InChI=1S/C11H21F/c1-9(2)6-10(3,4)8-11(5,12)7-9/h6-8H2,1-5H3. The summed E-state index contributed by atoms with van der Waals surface area (Å²) in [5.41, 5.74) is -0.609. The molecule has 0 aromatic rings. The van der Waals surface area contributed by atoms with Gasteiger partial charge in [0.25, 0.3) is 0 Å². The van der Waals surface area contributed by atoms with Crippen molar-refractivity contribution in [1.82, 2.24) is 0 Å². The Balaban J connectivity index is 2.81. The van der Waals surface area contributed by atoms with Crippen LogP contribution in [-0.2, 0) is 0 Å². The molecule has 0 aliphatic heterocycles. The van der Waals surface area contributed by atoms with E-state index >= 15 is 0 Å². The van der Waals surface area contributed by atoms with Gasteiger partial charge in [0.15, 0.2) is 0 Å². The first kappa shape index (κ1) is 10.0. The summed E-state index contributed by atoms with van der Waals surface area (Å²) >= 11 is 0. The minimum atomic E-state index is -0.953. The van der Waals surface area contributed by atoms with Gasteiger partial charge in [0.1, 0.15) is 5.67 Å². The molecule has 0 radical (unpaired) electrons. The molecular weight excluding hydrogens is 151 g/mol. The Kier molecular flexibility index (Phi) is 2.05. The minimum Gasteiger partial charge on any atom is -0.244 e. The summed E-state index contributed by atoms with van der Waals surface area (Å²) in [5.74, 6) is 0. The summed E-state index contributed by atoms with van der Waals surface area (Å²) in [7, 11) is 0. The predicted molar refractivity (Wildman–Crippen MR) is 50.9 cm³/mol. The van der Waals surface area contributed by atoms with Crippen molar-refractivity contribution in [2.24, 2.45) is 10.8 Å². The summed E-state index contributed by atoms with van der Waals surface area (Å²) in [5, 5.41) is 0. The quantitative estimate of drug-likeness (QED) is 0.519. The normalized spacial score (nSPS) is 31.5. The van der Waals surface area contributed by atoms with Crippen LogP contribution in [0.5, 0.6) is 0 Å². The zero-order valence-corrected chi connectivity index (χ0v) is 9.00. The van der Waals surface area contributed by atoms with E-state index in [1.54, 1.807) is 6.92 Å². The topological polar surface area (TPSA) is 0 Å². The van der Waals surface area contributed by atoms with E-state index in [1.807, 2.05) is 0 Å². The van der Waals surface area contributed by atoms with Crippen molar-refractivity contribution in [3.05, 3.63) is 0 Å². The number of hydrogen-bond donors (Lipinski definition) is 0. The van der Waals surface area contributed by atoms with E-state index in [1.165, 1.54) is 0 Å². The van der Waals surface area contributed by atoms with Gasteiger partial charge < -0.3 is 0 Å². The van der Waals surface area contributed by atoms with Gasteiger partial charge in [0, 0.05) is 0 Å². The van der Waals surface area contributed by atoms with E-state index in [2.05, 4.69) is 27.7 Å². The van der Waals surface area contributed by atoms with Crippen LogP contribution < -0.4 is 0 Å². The molecule has 1 aliphatic rings. The van der Waals surface area contributed by atoms with E-state index in [4.69, 9.17) is 0 Å². The van der Waals surface area contributed by atoms with Crippen LogP contribution in [0.3, 0.4) is 0 Å². The van der Waals surface area contributed by atoms with E-state index in [0.717, 1.165) is 6.42 Å². The van der Waals surface area contributed by atoms with Crippen LogP contribution >= 0.6 is 0 Å². The number of hydrogen-bond acceptors (Lipinski definition) is 0. The number of rotatable bonds is 0. The smallest absolute Gasteiger partial charge is 0.109 e. The molecule has 1 heteroatoms. The Hall–Kier alpha value is -0.0700. The summed E-state index contributed by atoms with van der Waals surface area (Å²) in [6.07, 6.45) is 2.56. The second kappa shape index (κ2) is 2.46. The molecule has 0 atom stereocenters. The van der Waals surface area contributed by atoms with Gasteiger partial charge in [-0.1, -0.05) is 27.7 Å². The van der Waals surface area contributed by atoms with Crippen molar-refractivity contribution in [2.45, 2.75) is 59.5 Å². The third-order valence-corrected chi connectivity index (χ3v) is 2.65. The van der Waals surface area contributed by atoms with Crippen LogP contribution in [0.15, 0.2) is 0 Å². The van der Waals surface area contributed by atoms with E-state index in [-0.39, 0.29) is 10.8 Å². The zero-order valence-electron chi connectivity index (χ0n) is 9.00. The second-order valence-corrected chi connectivity index (χ2v) is 6.27. The van der Waals surface area contributed by atoms with Gasteiger partial charge in [-0.2, -0.15) is 0 Å². The SMILES string of the molecule is CC1(C)CC(C)(C)CC(C)(F)C1. The van der Waals surface area contributed by atoms with Crippen LogP contribution in [0.25, 0.3) is 0 Å². The monoisotopic (exact) mass is 172 g/mol. The molecule has 0 amide bonds. The highest BCUT2D eigenvalue weighted by Crippen LogP contribution is 2.51. The number of alkyl halides is 1. The summed E-state index contributed by atoms with van der Waals surface area (Å²) in [6, 6.07) is 0. The zero-order chi connectivity index (χ0) is 9.62. The third-order valence-electron chi connectivity index (χ3n) is 2.65. The maximum atomic E-state index is 13.9. The minimum absolute atomic E-state index is 0.172. The average molecular weight is 172 g/mol. The molecule has 1 saturated carbocycles. The van der Waals surface area contributed by atoms with E-state index in [9.17, 15) is 4.39 Å². The fourth-order valence-corrected chi connectivity index (χ4v) is 3.48. The van der Waals surface area contributed by atoms with Gasteiger partial charge in [-0.05, 0) is 37.0 Å². The second-order valence-electron chi connectivity index (χ2n) is 6.27. The van der Waals surface area contributed by atoms with Crippen LogP contribution in [0.2, 0.25) is 0 Å². The predicted octanol–water partition coefficient (Wildman–Crippen LogP) is 3.95. The Morgan fingerprint density at radius 3 is 1.33 bits per heavy atom. The molecule has 1 fully saturated rings. The molecule has 12 heavy (non-hydrogen) atoms. The van der Waals surface area contributed by atoms with Crippen LogP contribution in [0, 0.1) is 10.8 Å². The average Bonchev–Trinajstić information content (AvgIpc) is 1.44. The summed E-state index contributed by atoms with van der Waals surface area (Å²) in [6.45, 7) is 10.4. The molecule has 72 valence electrons. The highest BCUT2D eigenvalue weighted by molar-refractivity contribution is 4.95. The van der Waals surface area contributed by atoms with Crippen LogP contribution in [0.4, 0.5) is 4.39 Å². The fraction of sp³-hybridized carbons (Fsp3) is 1.00. The molecule has 0 spiro atoms. The van der Waals surface area contributed by atoms with Crippen molar-refractivity contribution >= 4 is 0 Å². The van der Waals surface area contributed by atoms with Gasteiger partial charge in [-0.25, -0.2) is 4.39 Å².